The number of carbonyl (C=O) groups excluding carboxylic acids is 1. The van der Waals surface area contributed by atoms with Gasteiger partial charge in [0.05, 0.1) is 16.0 Å². The monoisotopic (exact) mass is 443 g/mol. The van der Waals surface area contributed by atoms with E-state index < -0.39 is 15.9 Å². The van der Waals surface area contributed by atoms with E-state index in [0.717, 1.165) is 31.1 Å². The average Bonchev–Trinajstić information content (AvgIpc) is 3.03. The first-order chi connectivity index (χ1) is 14.4. The first-order valence-electron chi connectivity index (χ1n) is 9.91. The maximum Gasteiger partial charge on any atom is 0.257 e. The second kappa shape index (κ2) is 8.71. The lowest BCUT2D eigenvalue weighted by molar-refractivity contribution is 0.102. The van der Waals surface area contributed by atoms with E-state index in [4.69, 9.17) is 11.6 Å². The van der Waals surface area contributed by atoms with E-state index in [1.54, 1.807) is 42.6 Å². The molecule has 1 amide bonds. The zero-order chi connectivity index (χ0) is 21.1. The molecule has 0 unspecified atom stereocenters. The van der Waals surface area contributed by atoms with Crippen LogP contribution in [-0.2, 0) is 10.0 Å². The number of rotatable bonds is 4. The topological polar surface area (TPSA) is 79.4 Å². The molecule has 1 aliphatic heterocycles. The molecule has 0 radical (unpaired) electrons. The molecule has 1 aromatic heterocycles. The first kappa shape index (κ1) is 20.8. The lowest BCUT2D eigenvalue weighted by atomic mass is 10.1. The summed E-state index contributed by atoms with van der Waals surface area (Å²) in [6.07, 6.45) is 5.43. The third kappa shape index (κ3) is 4.33. The van der Waals surface area contributed by atoms with Crippen LogP contribution in [0.1, 0.15) is 36.0 Å². The number of carbonyl (C=O) groups is 1. The summed E-state index contributed by atoms with van der Waals surface area (Å²) in [6.45, 7) is 1.05. The lowest BCUT2D eigenvalue weighted by Crippen LogP contribution is -2.32. The van der Waals surface area contributed by atoms with Crippen molar-refractivity contribution in [3.8, 4) is 0 Å². The quantitative estimate of drug-likeness (QED) is 0.633. The molecule has 30 heavy (non-hydrogen) atoms. The van der Waals surface area contributed by atoms with Crippen LogP contribution < -0.4 is 5.32 Å². The van der Waals surface area contributed by atoms with Crippen molar-refractivity contribution in [2.75, 3.05) is 18.4 Å². The highest BCUT2D eigenvalue weighted by molar-refractivity contribution is 7.89. The summed E-state index contributed by atoms with van der Waals surface area (Å²) in [6, 6.07) is 13.3. The average molecular weight is 444 g/mol. The molecule has 2 aromatic carbocycles. The van der Waals surface area contributed by atoms with Gasteiger partial charge in [0.2, 0.25) is 10.0 Å². The van der Waals surface area contributed by atoms with Crippen LogP contribution in [0.5, 0.6) is 0 Å². The number of nitrogens with zero attached hydrogens (tertiary/aromatic N) is 2. The Morgan fingerprint density at radius 3 is 2.53 bits per heavy atom. The Kier molecular flexibility index (Phi) is 6.04. The maximum absolute atomic E-state index is 13.1. The van der Waals surface area contributed by atoms with E-state index in [1.165, 1.54) is 10.4 Å². The van der Waals surface area contributed by atoms with Crippen molar-refractivity contribution >= 4 is 44.1 Å². The molecule has 0 bridgehead atoms. The zero-order valence-electron chi connectivity index (χ0n) is 16.3. The lowest BCUT2D eigenvalue weighted by Gasteiger charge is -2.20. The van der Waals surface area contributed by atoms with E-state index in [0.29, 0.717) is 34.9 Å². The summed E-state index contributed by atoms with van der Waals surface area (Å²) in [4.78, 5) is 17.4. The number of hydrogen-bond acceptors (Lipinski definition) is 4. The molecule has 8 heteroatoms. The normalized spacial score (nSPS) is 15.6. The summed E-state index contributed by atoms with van der Waals surface area (Å²) in [5.41, 5.74) is 1.27. The van der Waals surface area contributed by atoms with Gasteiger partial charge in [-0.05, 0) is 49.2 Å². The number of amides is 1. The summed E-state index contributed by atoms with van der Waals surface area (Å²) in [7, 11) is -3.60. The van der Waals surface area contributed by atoms with Crippen molar-refractivity contribution < 1.29 is 13.2 Å². The van der Waals surface area contributed by atoms with Gasteiger partial charge in [-0.15, -0.1) is 0 Å². The highest BCUT2D eigenvalue weighted by Gasteiger charge is 2.25. The first-order valence-corrected chi connectivity index (χ1v) is 11.7. The Morgan fingerprint density at radius 2 is 1.77 bits per heavy atom. The van der Waals surface area contributed by atoms with Crippen molar-refractivity contribution in [3.05, 3.63) is 65.3 Å². The van der Waals surface area contributed by atoms with Crippen molar-refractivity contribution in [3.63, 3.8) is 0 Å². The van der Waals surface area contributed by atoms with Gasteiger partial charge in [-0.25, -0.2) is 8.42 Å². The van der Waals surface area contributed by atoms with Crippen LogP contribution in [0.25, 0.3) is 10.9 Å². The molecule has 156 valence electrons. The molecule has 3 aromatic rings. The molecule has 0 spiro atoms. The summed E-state index contributed by atoms with van der Waals surface area (Å²) >= 11 is 6.16. The number of nitrogens with one attached hydrogen (secondary N) is 1. The SMILES string of the molecule is O=C(Nc1cccc(S(=O)(=O)N2CCCCCC2)c1)c1cc(Cl)cc2cccnc12. The molecule has 4 rings (SSSR count). The van der Waals surface area contributed by atoms with Crippen LogP contribution >= 0.6 is 11.6 Å². The fourth-order valence-corrected chi connectivity index (χ4v) is 5.48. The Bertz CT molecular complexity index is 1190. The molecular formula is C22H22ClN3O3S. The highest BCUT2D eigenvalue weighted by Crippen LogP contribution is 2.25. The van der Waals surface area contributed by atoms with Gasteiger partial charge >= 0.3 is 0 Å². The summed E-state index contributed by atoms with van der Waals surface area (Å²) in [5.74, 6) is -0.398. The molecule has 0 aliphatic carbocycles. The van der Waals surface area contributed by atoms with E-state index in [1.807, 2.05) is 6.07 Å². The van der Waals surface area contributed by atoms with Gasteiger partial charge < -0.3 is 5.32 Å². The number of fused-ring (bicyclic) bond motifs is 1. The molecule has 2 heterocycles. The zero-order valence-corrected chi connectivity index (χ0v) is 17.9. The number of anilines is 1. The number of pyridine rings is 1. The molecule has 1 N–H and O–H groups in total. The minimum atomic E-state index is -3.60. The number of aromatic nitrogens is 1. The Hall–Kier alpha value is -2.48. The van der Waals surface area contributed by atoms with E-state index >= 15 is 0 Å². The number of benzene rings is 2. The van der Waals surface area contributed by atoms with Crippen molar-refractivity contribution in [1.29, 1.82) is 0 Å². The van der Waals surface area contributed by atoms with E-state index in [-0.39, 0.29) is 4.90 Å². The molecule has 0 saturated carbocycles. The minimum Gasteiger partial charge on any atom is -0.322 e. The Balaban J connectivity index is 1.62. The summed E-state index contributed by atoms with van der Waals surface area (Å²) in [5, 5.41) is 3.97. The third-order valence-electron chi connectivity index (χ3n) is 5.21. The van der Waals surface area contributed by atoms with Crippen molar-refractivity contribution in [1.82, 2.24) is 9.29 Å². The Morgan fingerprint density at radius 1 is 1.00 bits per heavy atom. The smallest absolute Gasteiger partial charge is 0.257 e. The van der Waals surface area contributed by atoms with Crippen LogP contribution in [0.3, 0.4) is 0 Å². The van der Waals surface area contributed by atoms with Gasteiger partial charge in [-0.1, -0.05) is 36.6 Å². The Labute approximate surface area is 180 Å². The molecular weight excluding hydrogens is 422 g/mol. The molecule has 1 aliphatic rings. The van der Waals surface area contributed by atoms with Gasteiger partial charge in [0.25, 0.3) is 5.91 Å². The number of hydrogen-bond donors (Lipinski definition) is 1. The molecule has 6 nitrogen and oxygen atoms in total. The van der Waals surface area contributed by atoms with Crippen LogP contribution in [0, 0.1) is 0 Å². The van der Waals surface area contributed by atoms with Gasteiger partial charge in [0.15, 0.2) is 0 Å². The second-order valence-corrected chi connectivity index (χ2v) is 9.70. The van der Waals surface area contributed by atoms with Gasteiger partial charge in [0.1, 0.15) is 0 Å². The van der Waals surface area contributed by atoms with Crippen molar-refractivity contribution in [2.45, 2.75) is 30.6 Å². The maximum atomic E-state index is 13.1. The molecule has 1 fully saturated rings. The van der Waals surface area contributed by atoms with Gasteiger partial charge in [0, 0.05) is 35.4 Å². The van der Waals surface area contributed by atoms with Crippen LogP contribution in [0.2, 0.25) is 5.02 Å². The van der Waals surface area contributed by atoms with Crippen LogP contribution in [0.15, 0.2) is 59.6 Å². The van der Waals surface area contributed by atoms with Crippen LogP contribution in [-0.4, -0.2) is 36.7 Å². The third-order valence-corrected chi connectivity index (χ3v) is 7.32. The van der Waals surface area contributed by atoms with Crippen LogP contribution in [0.4, 0.5) is 5.69 Å². The predicted molar refractivity (Wildman–Crippen MR) is 118 cm³/mol. The van der Waals surface area contributed by atoms with E-state index in [2.05, 4.69) is 10.3 Å². The van der Waals surface area contributed by atoms with E-state index in [9.17, 15) is 13.2 Å². The fraction of sp³-hybridized carbons (Fsp3) is 0.273. The number of sulfonamides is 1. The fourth-order valence-electron chi connectivity index (χ4n) is 3.69. The van der Waals surface area contributed by atoms with Crippen molar-refractivity contribution in [2.24, 2.45) is 0 Å². The largest absolute Gasteiger partial charge is 0.322 e. The van der Waals surface area contributed by atoms with Gasteiger partial charge in [-0.3, -0.25) is 9.78 Å². The highest BCUT2D eigenvalue weighted by atomic mass is 35.5. The molecule has 1 saturated heterocycles. The number of halogens is 1. The second-order valence-electron chi connectivity index (χ2n) is 7.33. The molecule has 0 atom stereocenters. The standard InChI is InChI=1S/C22H22ClN3O3S/c23-17-13-16-7-6-10-24-21(16)20(14-17)22(27)25-18-8-5-9-19(15-18)30(28,29)26-11-3-1-2-4-12-26/h5-10,13-15H,1-4,11-12H2,(H,25,27). The van der Waals surface area contributed by atoms with Gasteiger partial charge in [-0.2, -0.15) is 4.31 Å². The minimum absolute atomic E-state index is 0.177. The predicted octanol–water partition coefficient (Wildman–Crippen LogP) is 4.71. The summed E-state index contributed by atoms with van der Waals surface area (Å²) < 4.78 is 27.6.